The van der Waals surface area contributed by atoms with Gasteiger partial charge in [-0.1, -0.05) is 6.08 Å². The molecule has 5 heteroatoms. The number of carboxylic acid groups (broad SMARTS) is 1. The minimum Gasteiger partial charge on any atom is -0.480 e. The summed E-state index contributed by atoms with van der Waals surface area (Å²) in [5.74, 6) is -1.19. The van der Waals surface area contributed by atoms with Crippen molar-refractivity contribution in [2.75, 3.05) is 19.6 Å². The Kier molecular flexibility index (Phi) is 6.50. The fourth-order valence-corrected chi connectivity index (χ4v) is 1.28. The second kappa shape index (κ2) is 7.06. The minimum absolute atomic E-state index is 0.0453. The van der Waals surface area contributed by atoms with E-state index in [1.165, 1.54) is 11.0 Å². The van der Waals surface area contributed by atoms with Crippen LogP contribution in [0.5, 0.6) is 0 Å². The van der Waals surface area contributed by atoms with Crippen LogP contribution in [0, 0.1) is 0 Å². The molecule has 0 saturated heterocycles. The van der Waals surface area contributed by atoms with E-state index in [4.69, 9.17) is 5.11 Å². The van der Waals surface area contributed by atoms with E-state index >= 15 is 0 Å². The number of nitrogens with zero attached hydrogens (tertiary/aromatic N) is 1. The van der Waals surface area contributed by atoms with Crippen LogP contribution in [0.25, 0.3) is 0 Å². The van der Waals surface area contributed by atoms with Crippen LogP contribution in [-0.2, 0) is 9.59 Å². The van der Waals surface area contributed by atoms with Crippen LogP contribution in [0.2, 0.25) is 0 Å². The smallest absolute Gasteiger partial charge is 0.323 e. The maximum atomic E-state index is 11.7. The average Bonchev–Trinajstić information content (AvgIpc) is 2.14. The summed E-state index contributed by atoms with van der Waals surface area (Å²) in [5.41, 5.74) is -0.0453. The molecule has 0 aliphatic carbocycles. The van der Waals surface area contributed by atoms with Crippen LogP contribution in [0.3, 0.4) is 0 Å². The topological polar surface area (TPSA) is 69.6 Å². The molecular formula is C12H22N2O3. The molecule has 0 radical (unpaired) electrons. The van der Waals surface area contributed by atoms with Crippen LogP contribution < -0.4 is 5.32 Å². The van der Waals surface area contributed by atoms with Gasteiger partial charge in [-0.15, -0.1) is 6.58 Å². The second-order valence-corrected chi connectivity index (χ2v) is 4.88. The van der Waals surface area contributed by atoms with Crippen LogP contribution in [0.15, 0.2) is 12.7 Å². The van der Waals surface area contributed by atoms with Crippen molar-refractivity contribution < 1.29 is 14.7 Å². The zero-order valence-corrected chi connectivity index (χ0v) is 10.8. The highest BCUT2D eigenvalue weighted by Crippen LogP contribution is 2.00. The molecule has 0 aliphatic rings. The molecular weight excluding hydrogens is 220 g/mol. The van der Waals surface area contributed by atoms with E-state index in [1.807, 2.05) is 20.8 Å². The molecule has 0 saturated carbocycles. The number of carbonyl (C=O) groups excluding carboxylic acids is 1. The number of hydrogen-bond acceptors (Lipinski definition) is 3. The normalized spacial score (nSPS) is 11.0. The molecule has 0 bridgehead atoms. The van der Waals surface area contributed by atoms with E-state index in [2.05, 4.69) is 11.9 Å². The summed E-state index contributed by atoms with van der Waals surface area (Å²) >= 11 is 0. The molecule has 0 aromatic heterocycles. The third-order valence-electron chi connectivity index (χ3n) is 2.02. The van der Waals surface area contributed by atoms with E-state index in [0.717, 1.165) is 0 Å². The fourth-order valence-electron chi connectivity index (χ4n) is 1.28. The quantitative estimate of drug-likeness (QED) is 0.650. The summed E-state index contributed by atoms with van der Waals surface area (Å²) in [6.07, 6.45) is 1.82. The largest absolute Gasteiger partial charge is 0.480 e. The van der Waals surface area contributed by atoms with Crippen molar-refractivity contribution >= 4 is 11.9 Å². The summed E-state index contributed by atoms with van der Waals surface area (Å²) in [6, 6.07) is 0. The standard InChI is InChI=1S/C12H22N2O3/c1-5-8-14(9-11(16)17)10(15)6-7-13-12(2,3)4/h5,13H,1,6-9H2,2-4H3,(H,16,17). The van der Waals surface area contributed by atoms with Crippen molar-refractivity contribution in [1.82, 2.24) is 10.2 Å². The Balaban J connectivity index is 4.14. The van der Waals surface area contributed by atoms with Crippen molar-refractivity contribution in [3.8, 4) is 0 Å². The predicted molar refractivity (Wildman–Crippen MR) is 66.8 cm³/mol. The van der Waals surface area contributed by atoms with Gasteiger partial charge in [0.15, 0.2) is 0 Å². The lowest BCUT2D eigenvalue weighted by Gasteiger charge is -2.22. The van der Waals surface area contributed by atoms with Crippen LogP contribution in [-0.4, -0.2) is 47.1 Å². The first-order valence-electron chi connectivity index (χ1n) is 5.62. The molecule has 0 spiro atoms. The maximum absolute atomic E-state index is 11.7. The van der Waals surface area contributed by atoms with E-state index in [9.17, 15) is 9.59 Å². The molecule has 98 valence electrons. The number of carbonyl (C=O) groups is 2. The molecule has 0 aromatic carbocycles. The second-order valence-electron chi connectivity index (χ2n) is 4.88. The first-order chi connectivity index (χ1) is 7.76. The van der Waals surface area contributed by atoms with Crippen molar-refractivity contribution in [2.24, 2.45) is 0 Å². The third kappa shape index (κ3) is 8.45. The van der Waals surface area contributed by atoms with Gasteiger partial charge in [-0.05, 0) is 20.8 Å². The number of carboxylic acids is 1. The number of rotatable bonds is 7. The Labute approximate surface area is 102 Å². The Bertz CT molecular complexity index is 282. The molecule has 0 rings (SSSR count). The monoisotopic (exact) mass is 242 g/mol. The molecule has 0 atom stereocenters. The molecule has 0 aliphatic heterocycles. The van der Waals surface area contributed by atoms with Crippen molar-refractivity contribution in [2.45, 2.75) is 32.7 Å². The summed E-state index contributed by atoms with van der Waals surface area (Å²) in [4.78, 5) is 23.6. The van der Waals surface area contributed by atoms with Crippen molar-refractivity contribution in [1.29, 1.82) is 0 Å². The van der Waals surface area contributed by atoms with Crippen molar-refractivity contribution in [3.05, 3.63) is 12.7 Å². The fraction of sp³-hybridized carbons (Fsp3) is 0.667. The highest BCUT2D eigenvalue weighted by Gasteiger charge is 2.16. The summed E-state index contributed by atoms with van der Waals surface area (Å²) in [7, 11) is 0. The van der Waals surface area contributed by atoms with E-state index in [-0.39, 0.29) is 24.5 Å². The molecule has 5 nitrogen and oxygen atoms in total. The minimum atomic E-state index is -1.01. The molecule has 17 heavy (non-hydrogen) atoms. The molecule has 0 heterocycles. The summed E-state index contributed by atoms with van der Waals surface area (Å²) < 4.78 is 0. The van der Waals surface area contributed by atoms with Crippen LogP contribution >= 0.6 is 0 Å². The van der Waals surface area contributed by atoms with Crippen molar-refractivity contribution in [3.63, 3.8) is 0 Å². The van der Waals surface area contributed by atoms with Gasteiger partial charge in [0.1, 0.15) is 6.54 Å². The summed E-state index contributed by atoms with van der Waals surface area (Å²) in [5, 5.41) is 11.9. The van der Waals surface area contributed by atoms with Gasteiger partial charge in [0.2, 0.25) is 5.91 Å². The van der Waals surface area contributed by atoms with Gasteiger partial charge >= 0.3 is 5.97 Å². The number of nitrogens with one attached hydrogen (secondary N) is 1. The molecule has 1 amide bonds. The lowest BCUT2D eigenvalue weighted by atomic mass is 10.1. The molecule has 2 N–H and O–H groups in total. The van der Waals surface area contributed by atoms with E-state index < -0.39 is 5.97 Å². The predicted octanol–water partition coefficient (Wildman–Crippen LogP) is 0.864. The van der Waals surface area contributed by atoms with Crippen LogP contribution in [0.1, 0.15) is 27.2 Å². The van der Waals surface area contributed by atoms with Gasteiger partial charge in [-0.2, -0.15) is 0 Å². The zero-order valence-electron chi connectivity index (χ0n) is 10.8. The Morgan fingerprint density at radius 2 is 2.00 bits per heavy atom. The Morgan fingerprint density at radius 3 is 2.41 bits per heavy atom. The van der Waals surface area contributed by atoms with Gasteiger partial charge in [-0.25, -0.2) is 0 Å². The first-order valence-corrected chi connectivity index (χ1v) is 5.62. The summed E-state index contributed by atoms with van der Waals surface area (Å²) in [6.45, 7) is 10.1. The Hall–Kier alpha value is -1.36. The number of aliphatic carboxylic acids is 1. The van der Waals surface area contributed by atoms with Gasteiger partial charge in [0.05, 0.1) is 0 Å². The molecule has 0 aromatic rings. The number of hydrogen-bond donors (Lipinski definition) is 2. The molecule has 0 fully saturated rings. The van der Waals surface area contributed by atoms with E-state index in [0.29, 0.717) is 13.0 Å². The third-order valence-corrected chi connectivity index (χ3v) is 2.02. The van der Waals surface area contributed by atoms with Gasteiger partial charge in [-0.3, -0.25) is 9.59 Å². The maximum Gasteiger partial charge on any atom is 0.323 e. The highest BCUT2D eigenvalue weighted by atomic mass is 16.4. The highest BCUT2D eigenvalue weighted by molar-refractivity contribution is 5.81. The number of amides is 1. The zero-order chi connectivity index (χ0) is 13.5. The van der Waals surface area contributed by atoms with E-state index in [1.54, 1.807) is 0 Å². The van der Waals surface area contributed by atoms with Gasteiger partial charge < -0.3 is 15.3 Å². The van der Waals surface area contributed by atoms with Crippen LogP contribution in [0.4, 0.5) is 0 Å². The first kappa shape index (κ1) is 15.6. The van der Waals surface area contributed by atoms with Gasteiger partial charge in [0, 0.05) is 25.0 Å². The SMILES string of the molecule is C=CCN(CC(=O)O)C(=O)CCNC(C)(C)C. The lowest BCUT2D eigenvalue weighted by Crippen LogP contribution is -2.41. The molecule has 0 unspecified atom stereocenters. The lowest BCUT2D eigenvalue weighted by molar-refractivity contribution is -0.144. The van der Waals surface area contributed by atoms with Gasteiger partial charge in [0.25, 0.3) is 0 Å². The Morgan fingerprint density at radius 1 is 1.41 bits per heavy atom. The average molecular weight is 242 g/mol.